The lowest BCUT2D eigenvalue weighted by atomic mass is 9.90. The van der Waals surface area contributed by atoms with Crippen molar-refractivity contribution in [3.05, 3.63) is 33.4 Å². The third-order valence-electron chi connectivity index (χ3n) is 4.10. The summed E-state index contributed by atoms with van der Waals surface area (Å²) in [6.07, 6.45) is 1.28. The highest BCUT2D eigenvalue weighted by atomic mass is 32.2. The third-order valence-corrected chi connectivity index (χ3v) is 5.29. The molecule has 1 heterocycles. The molecule has 1 aliphatic rings. The molecule has 0 fully saturated rings. The van der Waals surface area contributed by atoms with E-state index in [1.165, 1.54) is 39.6 Å². The summed E-state index contributed by atoms with van der Waals surface area (Å²) in [4.78, 5) is 0. The highest BCUT2D eigenvalue weighted by Gasteiger charge is 2.29. The zero-order chi connectivity index (χ0) is 13.0. The van der Waals surface area contributed by atoms with Gasteiger partial charge in [0, 0.05) is 13.1 Å². The van der Waals surface area contributed by atoms with E-state index in [1.807, 2.05) is 0 Å². The largest absolute Gasteiger partial charge is 0.212 e. The van der Waals surface area contributed by atoms with Crippen molar-refractivity contribution in [1.29, 1.82) is 0 Å². The van der Waals surface area contributed by atoms with E-state index in [2.05, 4.69) is 27.7 Å². The molecule has 0 radical (unpaired) electrons. The molecule has 0 aliphatic carbocycles. The summed E-state index contributed by atoms with van der Waals surface area (Å²) in [6.45, 7) is 9.46. The lowest BCUT2D eigenvalue weighted by Gasteiger charge is -2.14. The van der Waals surface area contributed by atoms with Crippen LogP contribution < -0.4 is 0 Å². The van der Waals surface area contributed by atoms with Gasteiger partial charge in [0.1, 0.15) is 0 Å². The van der Waals surface area contributed by atoms with Crippen LogP contribution in [0.3, 0.4) is 0 Å². The number of sulfonamides is 1. The summed E-state index contributed by atoms with van der Waals surface area (Å²) in [6, 6.07) is 0. The van der Waals surface area contributed by atoms with E-state index in [4.69, 9.17) is 0 Å². The first-order valence-electron chi connectivity index (χ1n) is 5.76. The summed E-state index contributed by atoms with van der Waals surface area (Å²) in [5.74, 6) is 0. The molecule has 3 nitrogen and oxygen atoms in total. The van der Waals surface area contributed by atoms with Gasteiger partial charge in [-0.05, 0) is 61.1 Å². The topological polar surface area (TPSA) is 37.4 Å². The minimum absolute atomic E-state index is 0.530. The van der Waals surface area contributed by atoms with E-state index >= 15 is 0 Å². The molecule has 0 saturated carbocycles. The number of nitrogens with zero attached hydrogens (tertiary/aromatic N) is 1. The molecule has 0 atom stereocenters. The van der Waals surface area contributed by atoms with Crippen molar-refractivity contribution in [3.8, 4) is 0 Å². The van der Waals surface area contributed by atoms with Gasteiger partial charge in [0.15, 0.2) is 0 Å². The quantitative estimate of drug-likeness (QED) is 0.769. The second kappa shape index (κ2) is 3.82. The maximum Gasteiger partial charge on any atom is 0.211 e. The van der Waals surface area contributed by atoms with Crippen LogP contribution in [0, 0.1) is 27.7 Å². The van der Waals surface area contributed by atoms with Crippen molar-refractivity contribution in [3.63, 3.8) is 0 Å². The van der Waals surface area contributed by atoms with Crippen LogP contribution in [0.5, 0.6) is 0 Å². The fourth-order valence-electron chi connectivity index (χ4n) is 2.54. The Morgan fingerprint density at radius 1 is 0.824 bits per heavy atom. The van der Waals surface area contributed by atoms with Crippen LogP contribution >= 0.6 is 0 Å². The van der Waals surface area contributed by atoms with Crippen molar-refractivity contribution in [2.45, 2.75) is 40.8 Å². The summed E-state index contributed by atoms with van der Waals surface area (Å²) in [7, 11) is -3.10. The van der Waals surface area contributed by atoms with Crippen LogP contribution in [0.1, 0.15) is 33.4 Å². The van der Waals surface area contributed by atoms with Gasteiger partial charge in [-0.2, -0.15) is 4.31 Å². The lowest BCUT2D eigenvalue weighted by molar-refractivity contribution is 0.435. The summed E-state index contributed by atoms with van der Waals surface area (Å²) >= 11 is 0. The Hall–Kier alpha value is -0.870. The molecule has 1 aromatic rings. The molecule has 0 N–H and O–H groups in total. The molecule has 1 aliphatic heterocycles. The number of fused-ring (bicyclic) bond motifs is 1. The predicted octanol–water partition coefficient (Wildman–Crippen LogP) is 2.20. The molecule has 17 heavy (non-hydrogen) atoms. The predicted molar refractivity (Wildman–Crippen MR) is 69.5 cm³/mol. The molecule has 0 aromatic heterocycles. The Bertz CT molecular complexity index is 551. The Balaban J connectivity index is 2.60. The Labute approximate surface area is 104 Å². The van der Waals surface area contributed by atoms with Gasteiger partial charge in [-0.3, -0.25) is 0 Å². The normalized spacial score (nSPS) is 16.3. The summed E-state index contributed by atoms with van der Waals surface area (Å²) in [5, 5.41) is 0. The fourth-order valence-corrected chi connectivity index (χ4v) is 3.27. The van der Waals surface area contributed by atoms with E-state index < -0.39 is 10.0 Å². The van der Waals surface area contributed by atoms with Crippen LogP contribution in [-0.4, -0.2) is 19.0 Å². The first-order valence-corrected chi connectivity index (χ1v) is 7.61. The highest BCUT2D eigenvalue weighted by Crippen LogP contribution is 2.34. The second-order valence-corrected chi connectivity index (χ2v) is 6.97. The first-order chi connectivity index (χ1) is 7.73. The molecule has 94 valence electrons. The molecular formula is C13H19NO2S. The van der Waals surface area contributed by atoms with Crippen molar-refractivity contribution < 1.29 is 8.42 Å². The third kappa shape index (κ3) is 1.89. The average molecular weight is 253 g/mol. The standard InChI is InChI=1S/C13H19NO2S/c1-8-9(2)11(4)13-7-14(17(5,15)16)6-12(13)10(8)3/h6-7H2,1-5H3. The van der Waals surface area contributed by atoms with Gasteiger partial charge in [0.05, 0.1) is 6.26 Å². The van der Waals surface area contributed by atoms with E-state index in [0.717, 1.165) is 0 Å². The second-order valence-electron chi connectivity index (χ2n) is 4.99. The van der Waals surface area contributed by atoms with Crippen molar-refractivity contribution in [2.24, 2.45) is 0 Å². The van der Waals surface area contributed by atoms with Crippen molar-refractivity contribution in [1.82, 2.24) is 4.31 Å². The fraction of sp³-hybridized carbons (Fsp3) is 0.538. The van der Waals surface area contributed by atoms with Crippen molar-refractivity contribution in [2.75, 3.05) is 6.26 Å². The lowest BCUT2D eigenvalue weighted by Crippen LogP contribution is -2.23. The van der Waals surface area contributed by atoms with E-state index in [1.54, 1.807) is 4.31 Å². The minimum atomic E-state index is -3.10. The highest BCUT2D eigenvalue weighted by molar-refractivity contribution is 7.88. The number of hydrogen-bond acceptors (Lipinski definition) is 2. The summed E-state index contributed by atoms with van der Waals surface area (Å²) < 4.78 is 24.8. The molecule has 0 amide bonds. The monoisotopic (exact) mass is 253 g/mol. The van der Waals surface area contributed by atoms with E-state index in [9.17, 15) is 8.42 Å². The van der Waals surface area contributed by atoms with Gasteiger partial charge in [-0.1, -0.05) is 0 Å². The smallest absolute Gasteiger partial charge is 0.211 e. The molecule has 1 aromatic carbocycles. The molecule has 0 saturated heterocycles. The van der Waals surface area contributed by atoms with E-state index in [-0.39, 0.29) is 0 Å². The molecule has 4 heteroatoms. The maximum absolute atomic E-state index is 11.6. The Morgan fingerprint density at radius 2 is 1.18 bits per heavy atom. The molecular weight excluding hydrogens is 234 g/mol. The van der Waals surface area contributed by atoms with Gasteiger partial charge in [0.2, 0.25) is 10.0 Å². The van der Waals surface area contributed by atoms with Crippen LogP contribution in [-0.2, 0) is 23.1 Å². The summed E-state index contributed by atoms with van der Waals surface area (Å²) in [5.41, 5.74) is 7.48. The number of hydrogen-bond donors (Lipinski definition) is 0. The van der Waals surface area contributed by atoms with Gasteiger partial charge >= 0.3 is 0 Å². The Morgan fingerprint density at radius 3 is 1.47 bits per heavy atom. The SMILES string of the molecule is Cc1c(C)c(C)c2c(c1C)CN(S(C)(=O)=O)C2. The maximum atomic E-state index is 11.6. The van der Waals surface area contributed by atoms with Gasteiger partial charge in [0.25, 0.3) is 0 Å². The van der Waals surface area contributed by atoms with Crippen LogP contribution in [0.15, 0.2) is 0 Å². The number of benzene rings is 1. The molecule has 0 bridgehead atoms. The van der Waals surface area contributed by atoms with Crippen LogP contribution in [0.2, 0.25) is 0 Å². The molecule has 2 rings (SSSR count). The zero-order valence-corrected chi connectivity index (χ0v) is 11.9. The van der Waals surface area contributed by atoms with Gasteiger partial charge in [-0.25, -0.2) is 8.42 Å². The average Bonchev–Trinajstić information content (AvgIpc) is 2.67. The molecule has 0 spiro atoms. The van der Waals surface area contributed by atoms with Crippen LogP contribution in [0.4, 0.5) is 0 Å². The van der Waals surface area contributed by atoms with Gasteiger partial charge < -0.3 is 0 Å². The van der Waals surface area contributed by atoms with Crippen LogP contribution in [0.25, 0.3) is 0 Å². The Kier molecular flexibility index (Phi) is 2.83. The zero-order valence-electron chi connectivity index (χ0n) is 11.1. The first kappa shape index (κ1) is 12.6. The van der Waals surface area contributed by atoms with E-state index in [0.29, 0.717) is 13.1 Å². The minimum Gasteiger partial charge on any atom is -0.212 e. The van der Waals surface area contributed by atoms with Crippen molar-refractivity contribution >= 4 is 10.0 Å². The number of rotatable bonds is 1. The molecule has 0 unspecified atom stereocenters. The van der Waals surface area contributed by atoms with Gasteiger partial charge in [-0.15, -0.1) is 0 Å².